The number of hydrogen-bond donors (Lipinski definition) is 3. The van der Waals surface area contributed by atoms with E-state index in [1.807, 2.05) is 0 Å². The molecule has 0 bridgehead atoms. The Kier molecular flexibility index (Phi) is 11.7. The SMILES string of the molecule is CCCCCCC=CC(=O)NC(CCCC(=O)O)C(=O)OO. The lowest BCUT2D eigenvalue weighted by molar-refractivity contribution is -0.236. The summed E-state index contributed by atoms with van der Waals surface area (Å²) in [7, 11) is 0. The quantitative estimate of drug-likeness (QED) is 0.220. The van der Waals surface area contributed by atoms with Crippen LogP contribution in [0.5, 0.6) is 0 Å². The summed E-state index contributed by atoms with van der Waals surface area (Å²) in [5.41, 5.74) is 0. The summed E-state index contributed by atoms with van der Waals surface area (Å²) in [5.74, 6) is -2.47. The minimum atomic E-state index is -1.05. The van der Waals surface area contributed by atoms with Gasteiger partial charge in [-0.2, -0.15) is 5.26 Å². The van der Waals surface area contributed by atoms with Gasteiger partial charge in [0.25, 0.3) is 0 Å². The Hall–Kier alpha value is -1.89. The van der Waals surface area contributed by atoms with Gasteiger partial charge in [-0.3, -0.25) is 14.5 Å². The predicted octanol–water partition coefficient (Wildman–Crippen LogP) is 2.27. The molecule has 0 aromatic rings. The second kappa shape index (κ2) is 12.8. The van der Waals surface area contributed by atoms with E-state index in [0.29, 0.717) is 0 Å². The fourth-order valence-corrected chi connectivity index (χ4v) is 1.87. The Balaban J connectivity index is 4.17. The van der Waals surface area contributed by atoms with Crippen molar-refractivity contribution < 1.29 is 29.6 Å². The van der Waals surface area contributed by atoms with E-state index in [4.69, 9.17) is 10.4 Å². The third kappa shape index (κ3) is 10.8. The standard InChI is InChI=1S/C15H25NO6/c1-2-3-4-5-6-7-10-13(17)16-12(15(20)22-21)9-8-11-14(18)19/h7,10,12,21H,2-6,8-9,11H2,1H3,(H,16,17)(H,18,19). The van der Waals surface area contributed by atoms with Gasteiger partial charge in [-0.25, -0.2) is 4.79 Å². The molecule has 0 rings (SSSR count). The number of aliphatic carboxylic acids is 1. The van der Waals surface area contributed by atoms with Crippen molar-refractivity contribution in [2.45, 2.75) is 64.3 Å². The first kappa shape index (κ1) is 20.1. The van der Waals surface area contributed by atoms with Crippen LogP contribution in [0.25, 0.3) is 0 Å². The van der Waals surface area contributed by atoms with E-state index in [2.05, 4.69) is 17.1 Å². The van der Waals surface area contributed by atoms with Gasteiger partial charge in [0.2, 0.25) is 5.91 Å². The monoisotopic (exact) mass is 315 g/mol. The third-order valence-corrected chi connectivity index (χ3v) is 3.07. The molecule has 0 spiro atoms. The van der Waals surface area contributed by atoms with E-state index in [1.54, 1.807) is 6.08 Å². The van der Waals surface area contributed by atoms with Gasteiger partial charge in [0.15, 0.2) is 0 Å². The summed E-state index contributed by atoms with van der Waals surface area (Å²) in [6.45, 7) is 2.12. The number of allylic oxidation sites excluding steroid dienone is 1. The van der Waals surface area contributed by atoms with Gasteiger partial charge in [0.1, 0.15) is 6.04 Å². The molecular formula is C15H25NO6. The van der Waals surface area contributed by atoms with E-state index in [-0.39, 0.29) is 19.3 Å². The van der Waals surface area contributed by atoms with E-state index in [9.17, 15) is 14.4 Å². The van der Waals surface area contributed by atoms with Crippen molar-refractivity contribution in [3.05, 3.63) is 12.2 Å². The van der Waals surface area contributed by atoms with Crippen LogP contribution in [0.15, 0.2) is 12.2 Å². The first-order chi connectivity index (χ1) is 10.5. The van der Waals surface area contributed by atoms with E-state index in [1.165, 1.54) is 6.08 Å². The Labute approximate surface area is 130 Å². The zero-order valence-electron chi connectivity index (χ0n) is 12.9. The number of carboxylic acid groups (broad SMARTS) is 1. The summed E-state index contributed by atoms with van der Waals surface area (Å²) in [6.07, 6.45) is 8.40. The van der Waals surface area contributed by atoms with E-state index >= 15 is 0 Å². The Bertz CT molecular complexity index is 380. The molecule has 0 aliphatic heterocycles. The molecule has 0 aromatic carbocycles. The summed E-state index contributed by atoms with van der Waals surface area (Å²) in [6, 6.07) is -1.05. The fraction of sp³-hybridized carbons (Fsp3) is 0.667. The molecule has 7 heteroatoms. The zero-order valence-corrected chi connectivity index (χ0v) is 12.9. The summed E-state index contributed by atoms with van der Waals surface area (Å²) < 4.78 is 0. The van der Waals surface area contributed by atoms with Gasteiger partial charge in [-0.15, -0.1) is 0 Å². The van der Waals surface area contributed by atoms with Crippen molar-refractivity contribution in [1.29, 1.82) is 0 Å². The van der Waals surface area contributed by atoms with Crippen LogP contribution in [-0.2, 0) is 19.3 Å². The number of hydrogen-bond acceptors (Lipinski definition) is 5. The van der Waals surface area contributed by atoms with Gasteiger partial charge in [-0.05, 0) is 31.8 Å². The molecule has 3 N–H and O–H groups in total. The molecule has 0 fully saturated rings. The highest BCUT2D eigenvalue weighted by atomic mass is 17.1. The molecule has 0 saturated heterocycles. The lowest BCUT2D eigenvalue weighted by Crippen LogP contribution is -2.40. The highest BCUT2D eigenvalue weighted by molar-refractivity contribution is 5.91. The molecule has 0 aliphatic rings. The Morgan fingerprint density at radius 2 is 1.91 bits per heavy atom. The normalized spacial score (nSPS) is 12.1. The van der Waals surface area contributed by atoms with Crippen molar-refractivity contribution in [1.82, 2.24) is 5.32 Å². The van der Waals surface area contributed by atoms with Crippen LogP contribution in [0, 0.1) is 0 Å². The predicted molar refractivity (Wildman–Crippen MR) is 80.0 cm³/mol. The number of nitrogens with one attached hydrogen (secondary N) is 1. The molecule has 1 unspecified atom stereocenters. The maximum absolute atomic E-state index is 11.7. The van der Waals surface area contributed by atoms with Crippen molar-refractivity contribution in [3.8, 4) is 0 Å². The molecular weight excluding hydrogens is 290 g/mol. The van der Waals surface area contributed by atoms with Crippen molar-refractivity contribution >= 4 is 17.8 Å². The van der Waals surface area contributed by atoms with E-state index in [0.717, 1.165) is 32.1 Å². The van der Waals surface area contributed by atoms with Gasteiger partial charge < -0.3 is 10.4 Å². The Morgan fingerprint density at radius 3 is 2.50 bits per heavy atom. The number of carboxylic acids is 1. The van der Waals surface area contributed by atoms with Crippen molar-refractivity contribution in [2.24, 2.45) is 0 Å². The van der Waals surface area contributed by atoms with Crippen LogP contribution in [-0.4, -0.2) is 34.3 Å². The first-order valence-electron chi connectivity index (χ1n) is 7.55. The molecule has 7 nitrogen and oxygen atoms in total. The summed E-state index contributed by atoms with van der Waals surface area (Å²) >= 11 is 0. The highest BCUT2D eigenvalue weighted by Gasteiger charge is 2.21. The minimum absolute atomic E-state index is 0.0851. The lowest BCUT2D eigenvalue weighted by atomic mass is 10.1. The topological polar surface area (TPSA) is 113 Å². The van der Waals surface area contributed by atoms with Crippen LogP contribution >= 0.6 is 0 Å². The van der Waals surface area contributed by atoms with Gasteiger partial charge in [0.05, 0.1) is 0 Å². The third-order valence-electron chi connectivity index (χ3n) is 3.07. The lowest BCUT2D eigenvalue weighted by Gasteiger charge is -2.13. The summed E-state index contributed by atoms with van der Waals surface area (Å²) in [5, 5.41) is 19.3. The maximum Gasteiger partial charge on any atom is 0.364 e. The number of unbranched alkanes of at least 4 members (excludes halogenated alkanes) is 4. The molecule has 1 amide bonds. The van der Waals surface area contributed by atoms with Crippen molar-refractivity contribution in [2.75, 3.05) is 0 Å². The maximum atomic E-state index is 11.7. The molecule has 22 heavy (non-hydrogen) atoms. The number of carbonyl (C=O) groups excluding carboxylic acids is 2. The highest BCUT2D eigenvalue weighted by Crippen LogP contribution is 2.05. The number of amides is 1. The van der Waals surface area contributed by atoms with Crippen LogP contribution in [0.2, 0.25) is 0 Å². The molecule has 1 atom stereocenters. The van der Waals surface area contributed by atoms with Crippen LogP contribution in [0.4, 0.5) is 0 Å². The first-order valence-corrected chi connectivity index (χ1v) is 7.55. The largest absolute Gasteiger partial charge is 0.481 e. The van der Waals surface area contributed by atoms with Gasteiger partial charge in [0, 0.05) is 6.42 Å². The summed E-state index contributed by atoms with van der Waals surface area (Å²) in [4.78, 5) is 37.0. The molecule has 0 aromatic heterocycles. The average molecular weight is 315 g/mol. The molecule has 126 valence electrons. The smallest absolute Gasteiger partial charge is 0.364 e. The van der Waals surface area contributed by atoms with E-state index < -0.39 is 23.9 Å². The Morgan fingerprint density at radius 1 is 1.18 bits per heavy atom. The minimum Gasteiger partial charge on any atom is -0.481 e. The van der Waals surface area contributed by atoms with Crippen molar-refractivity contribution in [3.63, 3.8) is 0 Å². The van der Waals surface area contributed by atoms with Crippen LogP contribution in [0.3, 0.4) is 0 Å². The van der Waals surface area contributed by atoms with Crippen LogP contribution in [0.1, 0.15) is 58.3 Å². The second-order valence-corrected chi connectivity index (χ2v) is 5.01. The number of rotatable bonds is 12. The fourth-order valence-electron chi connectivity index (χ4n) is 1.87. The van der Waals surface area contributed by atoms with Gasteiger partial charge in [-0.1, -0.05) is 32.3 Å². The van der Waals surface area contributed by atoms with Gasteiger partial charge >= 0.3 is 11.9 Å². The number of carbonyl (C=O) groups is 3. The molecule has 0 aliphatic carbocycles. The molecule has 0 radical (unpaired) electrons. The second-order valence-electron chi connectivity index (χ2n) is 5.01. The average Bonchev–Trinajstić information content (AvgIpc) is 2.48. The molecule has 0 saturated carbocycles. The molecule has 0 heterocycles. The van der Waals surface area contributed by atoms with Crippen LogP contribution < -0.4 is 5.32 Å². The zero-order chi connectivity index (χ0) is 16.8.